The van der Waals surface area contributed by atoms with Gasteiger partial charge in [-0.15, -0.1) is 0 Å². The Kier molecular flexibility index (Phi) is 7.71. The van der Waals surface area contributed by atoms with Gasteiger partial charge in [-0.2, -0.15) is 13.2 Å². The Morgan fingerprint density at radius 3 is 1.90 bits per heavy atom. The van der Waals surface area contributed by atoms with Crippen molar-refractivity contribution in [2.24, 2.45) is 11.8 Å². The van der Waals surface area contributed by atoms with E-state index in [9.17, 15) is 18.3 Å². The average molecular weight is 312 g/mol. The molecule has 1 N–H and O–H groups in total. The van der Waals surface area contributed by atoms with E-state index in [0.717, 1.165) is 12.8 Å². The van der Waals surface area contributed by atoms with Crippen LogP contribution in [0.15, 0.2) is 0 Å². The monoisotopic (exact) mass is 312 g/mol. The number of halogens is 3. The molecule has 128 valence electrons. The Hall–Kier alpha value is -0.290. The predicted octanol–water partition coefficient (Wildman–Crippen LogP) is 5.30. The van der Waals surface area contributed by atoms with Gasteiger partial charge in [-0.25, -0.2) is 0 Å². The highest BCUT2D eigenvalue weighted by molar-refractivity contribution is 4.93. The van der Waals surface area contributed by atoms with E-state index in [1.807, 2.05) is 13.8 Å². The van der Waals surface area contributed by atoms with Crippen LogP contribution in [0.25, 0.3) is 0 Å². The van der Waals surface area contributed by atoms with Crippen LogP contribution in [0.1, 0.15) is 73.6 Å². The molecule has 0 aromatic carbocycles. The molecule has 21 heavy (non-hydrogen) atoms. The first kappa shape index (κ1) is 20.7. The lowest BCUT2D eigenvalue weighted by Crippen LogP contribution is -2.57. The lowest BCUT2D eigenvalue weighted by Gasteiger charge is -2.45. The van der Waals surface area contributed by atoms with E-state index in [0.29, 0.717) is 12.8 Å². The second-order valence-corrected chi connectivity index (χ2v) is 6.30. The van der Waals surface area contributed by atoms with Crippen LogP contribution in [0.3, 0.4) is 0 Å². The third-order valence-corrected chi connectivity index (χ3v) is 4.48. The molecule has 0 aromatic rings. The molecule has 0 fully saturated rings. The summed E-state index contributed by atoms with van der Waals surface area (Å²) in [5.41, 5.74) is -2.31. The highest BCUT2D eigenvalue weighted by Crippen LogP contribution is 2.46. The third kappa shape index (κ3) is 4.85. The van der Waals surface area contributed by atoms with Crippen LogP contribution < -0.4 is 0 Å². The quantitative estimate of drug-likeness (QED) is 0.586. The lowest BCUT2D eigenvalue weighted by atomic mass is 9.84. The molecule has 5 heteroatoms. The van der Waals surface area contributed by atoms with E-state index in [2.05, 4.69) is 0 Å². The van der Waals surface area contributed by atoms with Gasteiger partial charge in [0.05, 0.1) is 0 Å². The van der Waals surface area contributed by atoms with Crippen LogP contribution in [0.4, 0.5) is 13.2 Å². The van der Waals surface area contributed by atoms with Crippen molar-refractivity contribution in [2.75, 3.05) is 0 Å². The van der Waals surface area contributed by atoms with Crippen molar-refractivity contribution in [2.45, 2.75) is 91.2 Å². The Bertz CT molecular complexity index is 300. The number of hydrogen-bond acceptors (Lipinski definition) is 2. The number of rotatable bonds is 9. The van der Waals surface area contributed by atoms with Gasteiger partial charge in [-0.3, -0.25) is 0 Å². The zero-order valence-electron chi connectivity index (χ0n) is 14.2. The number of ether oxygens (including phenoxy) is 1. The van der Waals surface area contributed by atoms with Crippen molar-refractivity contribution in [3.63, 3.8) is 0 Å². The van der Waals surface area contributed by atoms with Gasteiger partial charge in [0.15, 0.2) is 11.4 Å². The molecule has 0 saturated carbocycles. The molecule has 0 spiro atoms. The van der Waals surface area contributed by atoms with Gasteiger partial charge < -0.3 is 9.84 Å². The second-order valence-electron chi connectivity index (χ2n) is 6.30. The van der Waals surface area contributed by atoms with Crippen molar-refractivity contribution in [1.82, 2.24) is 0 Å². The first-order valence-electron chi connectivity index (χ1n) is 7.97. The minimum atomic E-state index is -4.51. The molecule has 2 unspecified atom stereocenters. The van der Waals surface area contributed by atoms with Crippen LogP contribution >= 0.6 is 0 Å². The summed E-state index contributed by atoms with van der Waals surface area (Å²) in [5, 5.41) is 10.6. The predicted molar refractivity (Wildman–Crippen MR) is 78.9 cm³/mol. The second kappa shape index (κ2) is 7.82. The Morgan fingerprint density at radius 2 is 1.62 bits per heavy atom. The van der Waals surface area contributed by atoms with E-state index in [1.54, 1.807) is 0 Å². The summed E-state index contributed by atoms with van der Waals surface area (Å²) in [6.45, 7) is 9.68. The van der Waals surface area contributed by atoms with Crippen molar-refractivity contribution < 1.29 is 23.0 Å². The highest BCUT2D eigenvalue weighted by atomic mass is 19.4. The van der Waals surface area contributed by atoms with Gasteiger partial charge in [0.25, 0.3) is 0 Å². The molecule has 0 bridgehead atoms. The van der Waals surface area contributed by atoms with Crippen LogP contribution in [0, 0.1) is 11.8 Å². The van der Waals surface area contributed by atoms with Gasteiger partial charge in [0.2, 0.25) is 0 Å². The smallest absolute Gasteiger partial charge is 0.365 e. The molecule has 0 rings (SSSR count). The molecule has 0 saturated heterocycles. The van der Waals surface area contributed by atoms with Crippen molar-refractivity contribution in [3.05, 3.63) is 0 Å². The molecule has 0 aliphatic carbocycles. The van der Waals surface area contributed by atoms with Crippen molar-refractivity contribution >= 4 is 0 Å². The Labute approximate surface area is 127 Å². The molecule has 0 radical (unpaired) electrons. The molecule has 0 heterocycles. The summed E-state index contributed by atoms with van der Waals surface area (Å²) in [7, 11) is 0. The zero-order valence-corrected chi connectivity index (χ0v) is 14.2. The van der Waals surface area contributed by atoms with E-state index in [1.165, 1.54) is 27.7 Å². The van der Waals surface area contributed by atoms with E-state index >= 15 is 0 Å². The zero-order chi connectivity index (χ0) is 16.9. The highest BCUT2D eigenvalue weighted by Gasteiger charge is 2.59. The third-order valence-electron chi connectivity index (χ3n) is 4.48. The lowest BCUT2D eigenvalue weighted by molar-refractivity contribution is -0.374. The topological polar surface area (TPSA) is 29.5 Å². The van der Waals surface area contributed by atoms with E-state index < -0.39 is 23.5 Å². The first-order valence-corrected chi connectivity index (χ1v) is 7.97. The Balaban J connectivity index is 5.39. The fourth-order valence-electron chi connectivity index (χ4n) is 2.94. The van der Waals surface area contributed by atoms with Gasteiger partial charge in [-0.05, 0) is 32.1 Å². The van der Waals surface area contributed by atoms with E-state index in [4.69, 9.17) is 4.74 Å². The molecular weight excluding hydrogens is 281 g/mol. The number of aliphatic hydroxyl groups is 1. The maximum atomic E-state index is 13.5. The normalized spacial score (nSPS) is 20.1. The summed E-state index contributed by atoms with van der Waals surface area (Å²) in [5.74, 6) is -2.85. The maximum absolute atomic E-state index is 13.5. The van der Waals surface area contributed by atoms with Gasteiger partial charge in [0, 0.05) is 5.92 Å². The minimum Gasteiger partial charge on any atom is -0.365 e. The number of unbranched alkanes of at least 4 members (excludes halogenated alkanes) is 1. The molecular formula is C16H31F3O2. The summed E-state index contributed by atoms with van der Waals surface area (Å²) >= 11 is 0. The summed E-state index contributed by atoms with van der Waals surface area (Å²) < 4.78 is 46.0. The first-order chi connectivity index (χ1) is 9.48. The minimum absolute atomic E-state index is 0.214. The van der Waals surface area contributed by atoms with Gasteiger partial charge in [0.1, 0.15) is 0 Å². The van der Waals surface area contributed by atoms with Crippen LogP contribution in [-0.2, 0) is 4.74 Å². The summed E-state index contributed by atoms with van der Waals surface area (Å²) in [6, 6.07) is 0. The van der Waals surface area contributed by atoms with Gasteiger partial charge in [-0.1, -0.05) is 47.5 Å². The van der Waals surface area contributed by atoms with Crippen LogP contribution in [0.2, 0.25) is 0 Å². The van der Waals surface area contributed by atoms with Crippen molar-refractivity contribution in [3.8, 4) is 0 Å². The number of hydrogen-bond donors (Lipinski definition) is 1. The van der Waals surface area contributed by atoms with Crippen LogP contribution in [0.5, 0.6) is 0 Å². The van der Waals surface area contributed by atoms with E-state index in [-0.39, 0.29) is 12.3 Å². The SMILES string of the molecule is CCCCC(CC)[C@](C)(O)OC(CC)(C(C)C)C(F)(F)F. The fraction of sp³-hybridized carbons (Fsp3) is 1.00. The fourth-order valence-corrected chi connectivity index (χ4v) is 2.94. The molecule has 0 aliphatic heterocycles. The maximum Gasteiger partial charge on any atom is 0.417 e. The molecule has 2 nitrogen and oxygen atoms in total. The summed E-state index contributed by atoms with van der Waals surface area (Å²) in [6.07, 6.45) is -1.67. The molecule has 0 aliphatic rings. The van der Waals surface area contributed by atoms with Crippen LogP contribution in [-0.4, -0.2) is 22.7 Å². The molecule has 0 amide bonds. The molecule has 3 atom stereocenters. The standard InChI is InChI=1S/C16H31F3O2/c1-7-10-11-13(8-2)14(6,20)21-15(9-3,12(4)5)16(17,18)19/h12-13,20H,7-11H2,1-6H3/t13?,14-,15?/m1/s1. The van der Waals surface area contributed by atoms with Gasteiger partial charge >= 0.3 is 6.18 Å². The average Bonchev–Trinajstić information content (AvgIpc) is 2.34. The summed E-state index contributed by atoms with van der Waals surface area (Å²) in [4.78, 5) is 0. The number of alkyl halides is 3. The Morgan fingerprint density at radius 1 is 1.10 bits per heavy atom. The molecule has 0 aromatic heterocycles. The van der Waals surface area contributed by atoms with Crippen molar-refractivity contribution in [1.29, 1.82) is 0 Å². The largest absolute Gasteiger partial charge is 0.417 e.